The largest absolute Gasteiger partial charge is 0.508 e. The van der Waals surface area contributed by atoms with Crippen molar-refractivity contribution in [2.75, 3.05) is 14.2 Å². The molecule has 0 heterocycles. The molecule has 0 aliphatic carbocycles. The molecule has 2 N–H and O–H groups in total. The highest BCUT2D eigenvalue weighted by Crippen LogP contribution is 2.27. The molecular weight excluding hydrogens is 290 g/mol. The quantitative estimate of drug-likeness (QED) is 0.782. The van der Waals surface area contributed by atoms with Crippen LogP contribution in [-0.2, 0) is 13.0 Å². The Kier molecular flexibility index (Phi) is 6.29. The predicted octanol–water partition coefficient (Wildman–Crippen LogP) is 3.52. The van der Waals surface area contributed by atoms with E-state index in [1.54, 1.807) is 26.4 Å². The summed E-state index contributed by atoms with van der Waals surface area (Å²) >= 11 is 0. The van der Waals surface area contributed by atoms with E-state index < -0.39 is 0 Å². The van der Waals surface area contributed by atoms with E-state index in [2.05, 4.69) is 12.2 Å². The average molecular weight is 315 g/mol. The summed E-state index contributed by atoms with van der Waals surface area (Å²) in [7, 11) is 3.29. The molecule has 4 nitrogen and oxygen atoms in total. The maximum atomic E-state index is 9.29. The Morgan fingerprint density at radius 2 is 1.61 bits per heavy atom. The van der Waals surface area contributed by atoms with Crippen LogP contribution in [0.3, 0.4) is 0 Å². The molecule has 0 spiro atoms. The van der Waals surface area contributed by atoms with Crippen LogP contribution in [0.25, 0.3) is 0 Å². The number of rotatable bonds is 8. The van der Waals surface area contributed by atoms with Crippen LogP contribution in [0.5, 0.6) is 17.2 Å². The van der Waals surface area contributed by atoms with Gasteiger partial charge in [0.15, 0.2) is 11.5 Å². The topological polar surface area (TPSA) is 50.7 Å². The summed E-state index contributed by atoms with van der Waals surface area (Å²) in [6, 6.07) is 13.8. The highest BCUT2D eigenvalue weighted by atomic mass is 16.5. The Bertz CT molecular complexity index is 611. The van der Waals surface area contributed by atoms with Gasteiger partial charge in [0, 0.05) is 12.6 Å². The van der Waals surface area contributed by atoms with Crippen LogP contribution >= 0.6 is 0 Å². The van der Waals surface area contributed by atoms with Crippen molar-refractivity contribution in [2.45, 2.75) is 32.4 Å². The first-order valence-electron chi connectivity index (χ1n) is 7.84. The van der Waals surface area contributed by atoms with Crippen LogP contribution in [0.1, 0.15) is 24.5 Å². The number of phenols is 1. The normalized spacial score (nSPS) is 12.0. The molecule has 0 aliphatic heterocycles. The monoisotopic (exact) mass is 315 g/mol. The van der Waals surface area contributed by atoms with Gasteiger partial charge in [-0.15, -0.1) is 0 Å². The second-order valence-corrected chi connectivity index (χ2v) is 5.68. The summed E-state index contributed by atoms with van der Waals surface area (Å²) in [5.41, 5.74) is 2.40. The Labute approximate surface area is 138 Å². The minimum Gasteiger partial charge on any atom is -0.508 e. The van der Waals surface area contributed by atoms with E-state index in [-0.39, 0.29) is 0 Å². The molecule has 0 fully saturated rings. The van der Waals surface area contributed by atoms with E-state index in [9.17, 15) is 5.11 Å². The zero-order valence-corrected chi connectivity index (χ0v) is 14.0. The molecule has 0 saturated carbocycles. The number of nitrogens with one attached hydrogen (secondary N) is 1. The van der Waals surface area contributed by atoms with Crippen LogP contribution in [0.4, 0.5) is 0 Å². The SMILES string of the molecule is COc1ccc(CNC(C)CCc2ccc(O)cc2)cc1OC. The van der Waals surface area contributed by atoms with Gasteiger partial charge in [-0.3, -0.25) is 0 Å². The first kappa shape index (κ1) is 17.2. The van der Waals surface area contributed by atoms with Crippen molar-refractivity contribution in [3.05, 3.63) is 53.6 Å². The van der Waals surface area contributed by atoms with Gasteiger partial charge in [0.25, 0.3) is 0 Å². The Morgan fingerprint density at radius 1 is 0.957 bits per heavy atom. The maximum absolute atomic E-state index is 9.29. The fourth-order valence-electron chi connectivity index (χ4n) is 2.43. The molecule has 0 radical (unpaired) electrons. The van der Waals surface area contributed by atoms with E-state index >= 15 is 0 Å². The van der Waals surface area contributed by atoms with Gasteiger partial charge in [-0.2, -0.15) is 0 Å². The molecule has 0 amide bonds. The van der Waals surface area contributed by atoms with Gasteiger partial charge in [0.2, 0.25) is 0 Å². The van der Waals surface area contributed by atoms with Crippen LogP contribution in [0, 0.1) is 0 Å². The Hall–Kier alpha value is -2.20. The molecule has 2 rings (SSSR count). The lowest BCUT2D eigenvalue weighted by molar-refractivity contribution is 0.354. The summed E-state index contributed by atoms with van der Waals surface area (Å²) in [5.74, 6) is 1.81. The van der Waals surface area contributed by atoms with Crippen molar-refractivity contribution >= 4 is 0 Å². The predicted molar refractivity (Wildman–Crippen MR) is 92.3 cm³/mol. The highest BCUT2D eigenvalue weighted by Gasteiger charge is 2.06. The van der Waals surface area contributed by atoms with Crippen molar-refractivity contribution in [1.29, 1.82) is 0 Å². The van der Waals surface area contributed by atoms with E-state index in [0.717, 1.165) is 30.9 Å². The first-order valence-corrected chi connectivity index (χ1v) is 7.84. The first-order chi connectivity index (χ1) is 11.1. The van der Waals surface area contributed by atoms with Crippen LogP contribution < -0.4 is 14.8 Å². The van der Waals surface area contributed by atoms with Crippen molar-refractivity contribution < 1.29 is 14.6 Å². The number of methoxy groups -OCH3 is 2. The summed E-state index contributed by atoms with van der Waals surface area (Å²) in [5, 5.41) is 12.8. The van der Waals surface area contributed by atoms with Gasteiger partial charge >= 0.3 is 0 Å². The van der Waals surface area contributed by atoms with Gasteiger partial charge in [-0.25, -0.2) is 0 Å². The average Bonchev–Trinajstić information content (AvgIpc) is 2.59. The number of hydrogen-bond donors (Lipinski definition) is 2. The van der Waals surface area contributed by atoms with Gasteiger partial charge in [0.05, 0.1) is 14.2 Å². The molecule has 1 atom stereocenters. The van der Waals surface area contributed by atoms with Crippen molar-refractivity contribution in [2.24, 2.45) is 0 Å². The summed E-state index contributed by atoms with van der Waals surface area (Å²) in [4.78, 5) is 0. The van der Waals surface area contributed by atoms with Gasteiger partial charge in [-0.1, -0.05) is 18.2 Å². The summed E-state index contributed by atoms with van der Waals surface area (Å²) in [6.45, 7) is 2.97. The van der Waals surface area contributed by atoms with E-state index in [4.69, 9.17) is 9.47 Å². The molecule has 0 bridgehead atoms. The second kappa shape index (κ2) is 8.44. The fourth-order valence-corrected chi connectivity index (χ4v) is 2.43. The van der Waals surface area contributed by atoms with Gasteiger partial charge in [0.1, 0.15) is 5.75 Å². The number of aryl methyl sites for hydroxylation is 1. The van der Waals surface area contributed by atoms with E-state index in [0.29, 0.717) is 11.8 Å². The Morgan fingerprint density at radius 3 is 2.26 bits per heavy atom. The zero-order chi connectivity index (χ0) is 16.7. The van der Waals surface area contributed by atoms with Crippen LogP contribution in [-0.4, -0.2) is 25.4 Å². The molecule has 2 aromatic carbocycles. The molecule has 0 aromatic heterocycles. The molecule has 2 aromatic rings. The molecule has 1 unspecified atom stereocenters. The molecule has 0 aliphatic rings. The fraction of sp³-hybridized carbons (Fsp3) is 0.368. The molecule has 0 saturated heterocycles. The summed E-state index contributed by atoms with van der Waals surface area (Å²) in [6.07, 6.45) is 2.03. The third kappa shape index (κ3) is 5.18. The number of aromatic hydroxyl groups is 1. The van der Waals surface area contributed by atoms with Crippen molar-refractivity contribution in [3.63, 3.8) is 0 Å². The molecule has 4 heteroatoms. The molecule has 124 valence electrons. The summed E-state index contributed by atoms with van der Waals surface area (Å²) < 4.78 is 10.6. The highest BCUT2D eigenvalue weighted by molar-refractivity contribution is 5.42. The third-order valence-corrected chi connectivity index (χ3v) is 3.90. The standard InChI is InChI=1S/C19H25NO3/c1-14(4-5-15-6-9-17(21)10-7-15)20-13-16-8-11-18(22-2)19(12-16)23-3/h6-12,14,20-21H,4-5,13H2,1-3H3. The van der Waals surface area contributed by atoms with Gasteiger partial charge in [-0.05, 0) is 55.2 Å². The Balaban J connectivity index is 1.82. The maximum Gasteiger partial charge on any atom is 0.161 e. The van der Waals surface area contributed by atoms with Crippen molar-refractivity contribution in [1.82, 2.24) is 5.32 Å². The lowest BCUT2D eigenvalue weighted by Gasteiger charge is -2.15. The van der Waals surface area contributed by atoms with Crippen LogP contribution in [0.2, 0.25) is 0 Å². The minimum atomic E-state index is 0.313. The zero-order valence-electron chi connectivity index (χ0n) is 14.0. The van der Waals surface area contributed by atoms with E-state index in [1.807, 2.05) is 30.3 Å². The smallest absolute Gasteiger partial charge is 0.161 e. The molecular formula is C19H25NO3. The number of hydrogen-bond acceptors (Lipinski definition) is 4. The minimum absolute atomic E-state index is 0.313. The lowest BCUT2D eigenvalue weighted by Crippen LogP contribution is -2.26. The number of ether oxygens (including phenoxy) is 2. The number of phenolic OH excluding ortho intramolecular Hbond substituents is 1. The third-order valence-electron chi connectivity index (χ3n) is 3.90. The molecule has 23 heavy (non-hydrogen) atoms. The van der Waals surface area contributed by atoms with Crippen molar-refractivity contribution in [3.8, 4) is 17.2 Å². The number of benzene rings is 2. The lowest BCUT2D eigenvalue weighted by atomic mass is 10.1. The van der Waals surface area contributed by atoms with Crippen LogP contribution in [0.15, 0.2) is 42.5 Å². The van der Waals surface area contributed by atoms with E-state index in [1.165, 1.54) is 11.1 Å². The van der Waals surface area contributed by atoms with Gasteiger partial charge < -0.3 is 19.9 Å². The second-order valence-electron chi connectivity index (χ2n) is 5.68.